The molecule has 8 nitrogen and oxygen atoms in total. The van der Waals surface area contributed by atoms with Crippen LogP contribution in [0.4, 0.5) is 0 Å². The van der Waals surface area contributed by atoms with Crippen molar-refractivity contribution in [3.05, 3.63) is 66.4 Å². The van der Waals surface area contributed by atoms with Crippen LogP contribution in [0.3, 0.4) is 0 Å². The Hall–Kier alpha value is -3.75. The van der Waals surface area contributed by atoms with E-state index < -0.39 is 0 Å². The lowest BCUT2D eigenvalue weighted by Crippen LogP contribution is -2.41. The Balaban J connectivity index is 1.70. The van der Waals surface area contributed by atoms with Crippen LogP contribution in [-0.2, 0) is 4.79 Å². The minimum absolute atomic E-state index is 0.0703. The number of amides is 1. The van der Waals surface area contributed by atoms with E-state index in [9.17, 15) is 4.79 Å². The van der Waals surface area contributed by atoms with Crippen molar-refractivity contribution in [2.45, 2.75) is 6.04 Å². The maximum atomic E-state index is 13.4. The molecular weight excluding hydrogens is 452 g/mol. The second-order valence-electron chi connectivity index (χ2n) is 9.45. The minimum atomic E-state index is -0.383. The van der Waals surface area contributed by atoms with Gasteiger partial charge in [-0.05, 0) is 63.6 Å². The topological polar surface area (TPSA) is 77.6 Å². The number of para-hydroxylation sites is 1. The van der Waals surface area contributed by atoms with Gasteiger partial charge in [0.05, 0.1) is 12.8 Å². The second-order valence-corrected chi connectivity index (χ2v) is 9.45. The van der Waals surface area contributed by atoms with Gasteiger partial charge in [0.1, 0.15) is 11.8 Å². The van der Waals surface area contributed by atoms with Gasteiger partial charge in [0.2, 0.25) is 5.91 Å². The molecule has 4 aromatic rings. The molecule has 2 aromatic heterocycles. The Morgan fingerprint density at radius 3 is 2.47 bits per heavy atom. The van der Waals surface area contributed by atoms with E-state index in [0.717, 1.165) is 45.6 Å². The van der Waals surface area contributed by atoms with E-state index in [-0.39, 0.29) is 11.9 Å². The second kappa shape index (κ2) is 10.9. The first-order chi connectivity index (χ1) is 17.3. The molecule has 0 radical (unpaired) electrons. The lowest BCUT2D eigenvalue weighted by Gasteiger charge is -2.29. The molecule has 36 heavy (non-hydrogen) atoms. The van der Waals surface area contributed by atoms with Gasteiger partial charge in [-0.2, -0.15) is 5.10 Å². The van der Waals surface area contributed by atoms with Crippen molar-refractivity contribution in [2.24, 2.45) is 0 Å². The highest BCUT2D eigenvalue weighted by Crippen LogP contribution is 2.35. The van der Waals surface area contributed by atoms with Crippen molar-refractivity contribution in [3.63, 3.8) is 0 Å². The molecule has 2 heterocycles. The molecule has 1 unspecified atom stereocenters. The van der Waals surface area contributed by atoms with E-state index in [0.29, 0.717) is 12.2 Å². The summed E-state index contributed by atoms with van der Waals surface area (Å²) < 4.78 is 5.56. The molecule has 0 saturated carbocycles. The molecule has 2 aromatic carbocycles. The van der Waals surface area contributed by atoms with Crippen LogP contribution in [0, 0.1) is 0 Å². The van der Waals surface area contributed by atoms with Crippen LogP contribution < -0.4 is 4.74 Å². The van der Waals surface area contributed by atoms with Gasteiger partial charge in [0, 0.05) is 42.8 Å². The highest BCUT2D eigenvalue weighted by molar-refractivity contribution is 5.95. The van der Waals surface area contributed by atoms with Gasteiger partial charge < -0.3 is 14.5 Å². The molecule has 8 heteroatoms. The van der Waals surface area contributed by atoms with Crippen molar-refractivity contribution < 1.29 is 9.53 Å². The van der Waals surface area contributed by atoms with Crippen molar-refractivity contribution in [1.29, 1.82) is 0 Å². The summed E-state index contributed by atoms with van der Waals surface area (Å²) in [6, 6.07) is 17.7. The molecule has 0 aliphatic rings. The monoisotopic (exact) mass is 486 g/mol. The number of benzene rings is 2. The van der Waals surface area contributed by atoms with Crippen molar-refractivity contribution in [1.82, 2.24) is 29.9 Å². The average molecular weight is 487 g/mol. The van der Waals surface area contributed by atoms with Gasteiger partial charge in [-0.3, -0.25) is 14.8 Å². The van der Waals surface area contributed by atoms with Gasteiger partial charge in [-0.15, -0.1) is 0 Å². The number of methoxy groups -OCH3 is 1. The number of carbonyl (C=O) groups is 1. The molecule has 0 aliphatic carbocycles. The summed E-state index contributed by atoms with van der Waals surface area (Å²) in [6.07, 6.45) is 1.82. The summed E-state index contributed by atoms with van der Waals surface area (Å²) in [7, 11) is 11.4. The number of ether oxygens (including phenoxy) is 1. The average Bonchev–Trinajstić information content (AvgIpc) is 3.30. The SMILES string of the molecule is COc1ccccc1-c1[nH]nc2ncc(-c3cccc(C(C(=O)N(C)CCN(C)C)N(C)C)c3)cc12. The molecule has 0 spiro atoms. The zero-order valence-corrected chi connectivity index (χ0v) is 21.8. The fourth-order valence-electron chi connectivity index (χ4n) is 4.33. The third-order valence-electron chi connectivity index (χ3n) is 6.33. The van der Waals surface area contributed by atoms with Gasteiger partial charge in [-0.1, -0.05) is 30.3 Å². The molecule has 1 amide bonds. The fourth-order valence-corrected chi connectivity index (χ4v) is 4.33. The summed E-state index contributed by atoms with van der Waals surface area (Å²) in [4.78, 5) is 23.8. The zero-order valence-electron chi connectivity index (χ0n) is 21.8. The molecule has 0 bridgehead atoms. The van der Waals surface area contributed by atoms with Crippen LogP contribution in [0.5, 0.6) is 5.75 Å². The van der Waals surface area contributed by atoms with Crippen LogP contribution in [0.1, 0.15) is 11.6 Å². The molecular formula is C28H34N6O2. The number of aromatic nitrogens is 3. The predicted molar refractivity (Wildman–Crippen MR) is 144 cm³/mol. The van der Waals surface area contributed by atoms with Gasteiger partial charge >= 0.3 is 0 Å². The van der Waals surface area contributed by atoms with Gasteiger partial charge in [0.25, 0.3) is 0 Å². The van der Waals surface area contributed by atoms with Crippen LogP contribution in [0.15, 0.2) is 60.8 Å². The lowest BCUT2D eigenvalue weighted by molar-refractivity contribution is -0.135. The third kappa shape index (κ3) is 5.24. The fraction of sp³-hybridized carbons (Fsp3) is 0.321. The number of aromatic amines is 1. The summed E-state index contributed by atoms with van der Waals surface area (Å²) in [5, 5.41) is 8.43. The zero-order chi connectivity index (χ0) is 25.8. The molecule has 1 atom stereocenters. The summed E-state index contributed by atoms with van der Waals surface area (Å²) >= 11 is 0. The molecule has 4 rings (SSSR count). The summed E-state index contributed by atoms with van der Waals surface area (Å²) in [5.41, 5.74) is 5.31. The predicted octanol–water partition coefficient (Wildman–Crippen LogP) is 3.92. The molecule has 0 aliphatic heterocycles. The van der Waals surface area contributed by atoms with Crippen molar-refractivity contribution in [2.75, 3.05) is 55.4 Å². The Labute approximate surface area is 212 Å². The lowest BCUT2D eigenvalue weighted by atomic mass is 9.98. The van der Waals surface area contributed by atoms with Crippen LogP contribution >= 0.6 is 0 Å². The number of nitrogens with one attached hydrogen (secondary N) is 1. The van der Waals surface area contributed by atoms with E-state index >= 15 is 0 Å². The molecule has 0 fully saturated rings. The number of carbonyl (C=O) groups excluding carboxylic acids is 1. The first-order valence-corrected chi connectivity index (χ1v) is 11.9. The quantitative estimate of drug-likeness (QED) is 0.386. The van der Waals surface area contributed by atoms with E-state index in [1.54, 1.807) is 12.0 Å². The number of H-pyrrole nitrogens is 1. The maximum absolute atomic E-state index is 13.4. The number of nitrogens with zero attached hydrogens (tertiary/aromatic N) is 5. The first-order valence-electron chi connectivity index (χ1n) is 11.9. The third-order valence-corrected chi connectivity index (χ3v) is 6.33. The smallest absolute Gasteiger partial charge is 0.244 e. The largest absolute Gasteiger partial charge is 0.496 e. The normalized spacial score (nSPS) is 12.3. The minimum Gasteiger partial charge on any atom is -0.496 e. The Kier molecular flexibility index (Phi) is 7.67. The Morgan fingerprint density at radius 1 is 0.972 bits per heavy atom. The number of rotatable bonds is 9. The standard InChI is InChI=1S/C28H34N6O2/c1-32(2)14-15-34(5)28(35)26(33(3)4)20-11-9-10-19(16-20)21-17-23-25(30-31-27(23)29-18-21)22-12-7-8-13-24(22)36-6/h7-13,16-18,26H,14-15H2,1-6H3,(H,29,30,31). The van der Waals surface area contributed by atoms with E-state index in [1.165, 1.54) is 0 Å². The van der Waals surface area contributed by atoms with Gasteiger partial charge in [0.15, 0.2) is 5.65 Å². The van der Waals surface area contributed by atoms with Crippen LogP contribution in [-0.4, -0.2) is 91.2 Å². The number of fused-ring (bicyclic) bond motifs is 1. The van der Waals surface area contributed by atoms with Crippen LogP contribution in [0.25, 0.3) is 33.4 Å². The Bertz CT molecular complexity index is 1350. The van der Waals surface area contributed by atoms with Crippen molar-refractivity contribution in [3.8, 4) is 28.1 Å². The van der Waals surface area contributed by atoms with E-state index in [2.05, 4.69) is 32.2 Å². The molecule has 188 valence electrons. The van der Waals surface area contributed by atoms with Gasteiger partial charge in [-0.25, -0.2) is 4.98 Å². The first kappa shape index (κ1) is 25.3. The Morgan fingerprint density at radius 2 is 1.75 bits per heavy atom. The number of hydrogen-bond acceptors (Lipinski definition) is 6. The maximum Gasteiger partial charge on any atom is 0.244 e. The van der Waals surface area contributed by atoms with Crippen molar-refractivity contribution >= 4 is 16.9 Å². The molecule has 0 saturated heterocycles. The molecule has 1 N–H and O–H groups in total. The van der Waals surface area contributed by atoms with Crippen LogP contribution in [0.2, 0.25) is 0 Å². The number of likely N-dealkylation sites (N-methyl/N-ethyl adjacent to an activating group) is 3. The number of pyridine rings is 1. The number of hydrogen-bond donors (Lipinski definition) is 1. The van der Waals surface area contributed by atoms with E-state index in [1.807, 2.05) is 88.8 Å². The highest BCUT2D eigenvalue weighted by atomic mass is 16.5. The van der Waals surface area contributed by atoms with E-state index in [4.69, 9.17) is 4.74 Å². The summed E-state index contributed by atoms with van der Waals surface area (Å²) in [6.45, 7) is 1.48. The summed E-state index contributed by atoms with van der Waals surface area (Å²) in [5.74, 6) is 0.835. The highest BCUT2D eigenvalue weighted by Gasteiger charge is 2.26.